The van der Waals surface area contributed by atoms with Crippen LogP contribution in [0.2, 0.25) is 5.02 Å². The third-order valence-electron chi connectivity index (χ3n) is 7.64. The van der Waals surface area contributed by atoms with Crippen LogP contribution in [0.5, 0.6) is 0 Å². The summed E-state index contributed by atoms with van der Waals surface area (Å²) >= 11 is 6.21. The molecule has 7 heteroatoms. The van der Waals surface area contributed by atoms with Gasteiger partial charge in [-0.3, -0.25) is 14.5 Å². The minimum atomic E-state index is -0.0249. The van der Waals surface area contributed by atoms with Gasteiger partial charge in [-0.15, -0.1) is 0 Å². The van der Waals surface area contributed by atoms with Crippen molar-refractivity contribution in [2.75, 3.05) is 19.6 Å². The summed E-state index contributed by atoms with van der Waals surface area (Å²) in [7, 11) is 0. The molecule has 0 aliphatic carbocycles. The first kappa shape index (κ1) is 20.8. The highest BCUT2D eigenvalue weighted by atomic mass is 35.5. The van der Waals surface area contributed by atoms with Gasteiger partial charge in [-0.05, 0) is 61.8 Å². The third-order valence-corrected chi connectivity index (χ3v) is 7.87. The van der Waals surface area contributed by atoms with Gasteiger partial charge in [-0.2, -0.15) is 0 Å². The van der Waals surface area contributed by atoms with E-state index in [4.69, 9.17) is 11.6 Å². The van der Waals surface area contributed by atoms with Gasteiger partial charge in [-0.1, -0.05) is 11.6 Å². The van der Waals surface area contributed by atoms with E-state index in [1.54, 1.807) is 6.92 Å². The maximum absolute atomic E-state index is 12.8. The Morgan fingerprint density at radius 3 is 2.90 bits per heavy atom. The third kappa shape index (κ3) is 3.85. The number of carbonyl (C=O) groups excluding carboxylic acids is 2. The van der Waals surface area contributed by atoms with Gasteiger partial charge in [0, 0.05) is 67.2 Å². The van der Waals surface area contributed by atoms with Crippen molar-refractivity contribution in [3.63, 3.8) is 0 Å². The first-order chi connectivity index (χ1) is 14.9. The number of halogens is 1. The lowest BCUT2D eigenvalue weighted by molar-refractivity contribution is -0.153. The largest absolute Gasteiger partial charge is 0.357 e. The van der Waals surface area contributed by atoms with Gasteiger partial charge in [-0.25, -0.2) is 0 Å². The molecular formula is C24H31ClN4O2. The lowest BCUT2D eigenvalue weighted by Gasteiger charge is -2.56. The van der Waals surface area contributed by atoms with Crippen LogP contribution in [0.1, 0.15) is 43.9 Å². The highest BCUT2D eigenvalue weighted by Crippen LogP contribution is 2.42. The highest BCUT2D eigenvalue weighted by molar-refractivity contribution is 6.31. The Bertz CT molecular complexity index is 1020. The fourth-order valence-corrected chi connectivity index (χ4v) is 6.42. The molecule has 3 aliphatic heterocycles. The van der Waals surface area contributed by atoms with E-state index >= 15 is 0 Å². The highest BCUT2D eigenvalue weighted by Gasteiger charge is 2.49. The molecule has 31 heavy (non-hydrogen) atoms. The van der Waals surface area contributed by atoms with Crippen molar-refractivity contribution >= 4 is 34.3 Å². The lowest BCUT2D eigenvalue weighted by atomic mass is 9.72. The van der Waals surface area contributed by atoms with Crippen LogP contribution in [0.4, 0.5) is 0 Å². The topological polar surface area (TPSA) is 68.4 Å². The number of benzene rings is 1. The zero-order valence-electron chi connectivity index (χ0n) is 18.3. The number of carbonyl (C=O) groups is 2. The number of hydrogen-bond donors (Lipinski definition) is 2. The summed E-state index contributed by atoms with van der Waals surface area (Å²) in [5, 5.41) is 4.95. The van der Waals surface area contributed by atoms with Crippen LogP contribution >= 0.6 is 11.6 Å². The van der Waals surface area contributed by atoms with Gasteiger partial charge in [0.1, 0.15) is 0 Å². The standard InChI is InChI=1S/C24H31ClN4O2/c1-14-19-9-18(25)6-7-20(19)27-21(14)13-28-11-16-8-17(12-28)23(10-26-15(2)30)29-22(16)4-3-5-24(29)31/h6-7,9,16-17,22-23,27H,3-5,8,10-13H2,1-2H3,(H,26,30)/t16-,17+,22+,23+/m1/s1. The number of nitrogens with one attached hydrogen (secondary N) is 2. The Kier molecular flexibility index (Phi) is 5.47. The van der Waals surface area contributed by atoms with E-state index < -0.39 is 0 Å². The average molecular weight is 443 g/mol. The molecule has 1 aromatic heterocycles. The molecule has 3 fully saturated rings. The van der Waals surface area contributed by atoms with Gasteiger partial charge in [0.2, 0.25) is 11.8 Å². The fraction of sp³-hybridized carbons (Fsp3) is 0.583. The van der Waals surface area contributed by atoms with Crippen molar-refractivity contribution in [2.24, 2.45) is 11.8 Å². The normalized spacial score (nSPS) is 28.6. The molecule has 0 spiro atoms. The minimum absolute atomic E-state index is 0.0249. The summed E-state index contributed by atoms with van der Waals surface area (Å²) in [6.45, 7) is 7.13. The molecule has 1 aromatic carbocycles. The summed E-state index contributed by atoms with van der Waals surface area (Å²) < 4.78 is 0. The number of aryl methyl sites for hydroxylation is 1. The van der Waals surface area contributed by atoms with Crippen molar-refractivity contribution in [2.45, 2.75) is 58.2 Å². The second-order valence-electron chi connectivity index (χ2n) is 9.63. The van der Waals surface area contributed by atoms with E-state index in [-0.39, 0.29) is 17.9 Å². The Morgan fingerprint density at radius 1 is 1.29 bits per heavy atom. The van der Waals surface area contributed by atoms with Crippen LogP contribution in [-0.2, 0) is 16.1 Å². The Labute approximate surface area is 188 Å². The van der Waals surface area contributed by atoms with Crippen LogP contribution in [-0.4, -0.2) is 58.3 Å². The Balaban J connectivity index is 1.39. The van der Waals surface area contributed by atoms with Gasteiger partial charge in [0.15, 0.2) is 0 Å². The molecule has 2 aromatic rings. The van der Waals surface area contributed by atoms with Crippen LogP contribution in [0, 0.1) is 18.8 Å². The number of hydrogen-bond acceptors (Lipinski definition) is 3. The van der Waals surface area contributed by atoms with Crippen molar-refractivity contribution in [1.82, 2.24) is 20.1 Å². The predicted octanol–water partition coefficient (Wildman–Crippen LogP) is 3.47. The molecule has 0 radical (unpaired) electrons. The number of nitrogens with zero attached hydrogens (tertiary/aromatic N) is 2. The van der Waals surface area contributed by atoms with Gasteiger partial charge < -0.3 is 15.2 Å². The summed E-state index contributed by atoms with van der Waals surface area (Å²) in [5.41, 5.74) is 3.63. The van der Waals surface area contributed by atoms with E-state index in [1.807, 2.05) is 18.2 Å². The van der Waals surface area contributed by atoms with E-state index in [2.05, 4.69) is 27.0 Å². The number of rotatable bonds is 4. The number of H-pyrrole nitrogens is 1. The van der Waals surface area contributed by atoms with Gasteiger partial charge >= 0.3 is 0 Å². The monoisotopic (exact) mass is 442 g/mol. The molecule has 2 amide bonds. The smallest absolute Gasteiger partial charge is 0.223 e. The SMILES string of the molecule is CC(=O)NC[C@H]1[C@H]2C[C@H](CN(Cc3[nH]c4ccc(Cl)cc4c3C)C2)[C@@H]2CCCC(=O)N21. The number of fused-ring (bicyclic) bond motifs is 5. The van der Waals surface area contributed by atoms with Crippen molar-refractivity contribution in [3.8, 4) is 0 Å². The average Bonchev–Trinajstić information content (AvgIpc) is 3.03. The molecule has 5 rings (SSSR count). The number of amides is 2. The van der Waals surface area contributed by atoms with Crippen LogP contribution in [0.15, 0.2) is 18.2 Å². The first-order valence-electron chi connectivity index (χ1n) is 11.5. The van der Waals surface area contributed by atoms with E-state index in [1.165, 1.54) is 16.6 Å². The van der Waals surface area contributed by atoms with E-state index in [0.29, 0.717) is 30.8 Å². The van der Waals surface area contributed by atoms with Crippen molar-refractivity contribution in [1.29, 1.82) is 0 Å². The summed E-state index contributed by atoms with van der Waals surface area (Å²) in [6.07, 6.45) is 3.86. The maximum atomic E-state index is 12.8. The van der Waals surface area contributed by atoms with E-state index in [0.717, 1.165) is 49.4 Å². The van der Waals surface area contributed by atoms with Crippen LogP contribution in [0.3, 0.4) is 0 Å². The second-order valence-corrected chi connectivity index (χ2v) is 10.1. The quantitative estimate of drug-likeness (QED) is 0.761. The molecule has 2 bridgehead atoms. The van der Waals surface area contributed by atoms with Crippen molar-refractivity contribution in [3.05, 3.63) is 34.5 Å². The molecule has 6 nitrogen and oxygen atoms in total. The maximum Gasteiger partial charge on any atom is 0.223 e. The van der Waals surface area contributed by atoms with E-state index in [9.17, 15) is 9.59 Å². The number of aromatic amines is 1. The number of likely N-dealkylation sites (tertiary alicyclic amines) is 1. The summed E-state index contributed by atoms with van der Waals surface area (Å²) in [5.74, 6) is 1.15. The predicted molar refractivity (Wildman–Crippen MR) is 122 cm³/mol. The Hall–Kier alpha value is -2.05. The molecule has 0 unspecified atom stereocenters. The molecule has 4 heterocycles. The fourth-order valence-electron chi connectivity index (χ4n) is 6.25. The zero-order valence-corrected chi connectivity index (χ0v) is 19.0. The van der Waals surface area contributed by atoms with Crippen molar-refractivity contribution < 1.29 is 9.59 Å². The molecule has 3 saturated heterocycles. The zero-order chi connectivity index (χ0) is 21.7. The first-order valence-corrected chi connectivity index (χ1v) is 11.8. The van der Waals surface area contributed by atoms with Crippen LogP contribution in [0.25, 0.3) is 10.9 Å². The molecule has 2 N–H and O–H groups in total. The lowest BCUT2D eigenvalue weighted by Crippen LogP contribution is -2.66. The molecule has 3 aliphatic rings. The van der Waals surface area contributed by atoms with Gasteiger partial charge in [0.25, 0.3) is 0 Å². The minimum Gasteiger partial charge on any atom is -0.357 e. The second kappa shape index (κ2) is 8.14. The number of aromatic nitrogens is 1. The molecular weight excluding hydrogens is 412 g/mol. The molecule has 166 valence electrons. The summed E-state index contributed by atoms with van der Waals surface area (Å²) in [6, 6.07) is 6.42. The van der Waals surface area contributed by atoms with Gasteiger partial charge in [0.05, 0.1) is 6.04 Å². The molecule has 4 atom stereocenters. The van der Waals surface area contributed by atoms with Crippen LogP contribution < -0.4 is 5.32 Å². The Morgan fingerprint density at radius 2 is 2.10 bits per heavy atom. The summed E-state index contributed by atoms with van der Waals surface area (Å²) in [4.78, 5) is 32.8. The number of piperidine rings is 3. The molecule has 0 saturated carbocycles.